The van der Waals surface area contributed by atoms with Crippen LogP contribution in [0.1, 0.15) is 28.5 Å². The predicted molar refractivity (Wildman–Crippen MR) is 94.4 cm³/mol. The van der Waals surface area contributed by atoms with E-state index in [1.54, 1.807) is 36.0 Å². The van der Waals surface area contributed by atoms with Crippen LogP contribution in [0.15, 0.2) is 58.2 Å². The van der Waals surface area contributed by atoms with Crippen LogP contribution in [0.4, 0.5) is 0 Å². The standard InChI is InChI=1S/C18H15N3O2S/c22-17-12-6-2-1-5-11(12)16(20-21-17)18(23)19-14-9-10-24-15-8-4-3-7-13(14)15/h1-8,14H,9-10H2,(H,19,23)(H,21,22)/t14-/m0/s1. The van der Waals surface area contributed by atoms with Crippen LogP contribution in [0.5, 0.6) is 0 Å². The Morgan fingerprint density at radius 2 is 1.88 bits per heavy atom. The van der Waals surface area contributed by atoms with E-state index in [-0.39, 0.29) is 23.2 Å². The topological polar surface area (TPSA) is 74.8 Å². The van der Waals surface area contributed by atoms with Gasteiger partial charge in [-0.1, -0.05) is 36.4 Å². The summed E-state index contributed by atoms with van der Waals surface area (Å²) in [5, 5.41) is 10.5. The van der Waals surface area contributed by atoms with Crippen molar-refractivity contribution < 1.29 is 4.79 Å². The fourth-order valence-electron chi connectivity index (χ4n) is 3.01. The van der Waals surface area contributed by atoms with E-state index < -0.39 is 0 Å². The first-order chi connectivity index (χ1) is 11.7. The minimum absolute atomic E-state index is 0.0394. The van der Waals surface area contributed by atoms with Crippen molar-refractivity contribution in [3.63, 3.8) is 0 Å². The largest absolute Gasteiger partial charge is 0.344 e. The summed E-state index contributed by atoms with van der Waals surface area (Å²) in [6, 6.07) is 15.1. The molecule has 5 nitrogen and oxygen atoms in total. The van der Waals surface area contributed by atoms with Crippen molar-refractivity contribution in [3.05, 3.63) is 70.1 Å². The molecular formula is C18H15N3O2S. The summed E-state index contributed by atoms with van der Waals surface area (Å²) in [5.74, 6) is 0.691. The summed E-state index contributed by atoms with van der Waals surface area (Å²) in [6.07, 6.45) is 0.870. The van der Waals surface area contributed by atoms with E-state index in [0.717, 1.165) is 17.7 Å². The van der Waals surface area contributed by atoms with Crippen LogP contribution in [-0.2, 0) is 0 Å². The molecule has 120 valence electrons. The lowest BCUT2D eigenvalue weighted by atomic mass is 10.0. The molecule has 1 amide bonds. The normalized spacial score (nSPS) is 16.6. The third-order valence-electron chi connectivity index (χ3n) is 4.17. The van der Waals surface area contributed by atoms with E-state index in [1.165, 1.54) is 4.90 Å². The van der Waals surface area contributed by atoms with E-state index >= 15 is 0 Å². The van der Waals surface area contributed by atoms with Crippen molar-refractivity contribution >= 4 is 28.4 Å². The molecule has 6 heteroatoms. The van der Waals surface area contributed by atoms with Gasteiger partial charge in [-0.15, -0.1) is 11.8 Å². The smallest absolute Gasteiger partial charge is 0.272 e. The van der Waals surface area contributed by atoms with Crippen molar-refractivity contribution in [2.24, 2.45) is 0 Å². The molecule has 0 fully saturated rings. The van der Waals surface area contributed by atoms with Gasteiger partial charge in [0.1, 0.15) is 0 Å². The highest BCUT2D eigenvalue weighted by atomic mass is 32.2. The molecule has 1 aliphatic heterocycles. The Morgan fingerprint density at radius 3 is 2.75 bits per heavy atom. The second-order valence-electron chi connectivity index (χ2n) is 5.65. The molecule has 0 saturated carbocycles. The number of aromatic nitrogens is 2. The number of hydrogen-bond acceptors (Lipinski definition) is 4. The maximum absolute atomic E-state index is 12.7. The summed E-state index contributed by atoms with van der Waals surface area (Å²) in [6.45, 7) is 0. The molecule has 2 N–H and O–H groups in total. The molecule has 2 aromatic carbocycles. The first-order valence-corrected chi connectivity index (χ1v) is 8.72. The average molecular weight is 337 g/mol. The molecule has 0 aliphatic carbocycles. The van der Waals surface area contributed by atoms with E-state index in [0.29, 0.717) is 10.8 Å². The molecule has 0 radical (unpaired) electrons. The van der Waals surface area contributed by atoms with Crippen LogP contribution in [0.25, 0.3) is 10.8 Å². The van der Waals surface area contributed by atoms with Gasteiger partial charge in [0.05, 0.1) is 11.4 Å². The number of amides is 1. The lowest BCUT2D eigenvalue weighted by molar-refractivity contribution is 0.0930. The second kappa shape index (κ2) is 6.13. The van der Waals surface area contributed by atoms with Gasteiger partial charge in [-0.3, -0.25) is 9.59 Å². The van der Waals surface area contributed by atoms with Crippen LogP contribution >= 0.6 is 11.8 Å². The van der Waals surface area contributed by atoms with Crippen molar-refractivity contribution in [1.29, 1.82) is 0 Å². The number of carbonyl (C=O) groups excluding carboxylic acids is 1. The van der Waals surface area contributed by atoms with Gasteiger partial charge in [0.15, 0.2) is 5.69 Å². The van der Waals surface area contributed by atoms with Crippen LogP contribution < -0.4 is 10.9 Å². The molecular weight excluding hydrogens is 322 g/mol. The van der Waals surface area contributed by atoms with Gasteiger partial charge in [0.2, 0.25) is 0 Å². The second-order valence-corrected chi connectivity index (χ2v) is 6.78. The number of fused-ring (bicyclic) bond motifs is 2. The Morgan fingerprint density at radius 1 is 1.12 bits per heavy atom. The fourth-order valence-corrected chi connectivity index (χ4v) is 4.13. The zero-order valence-corrected chi connectivity index (χ0v) is 13.6. The average Bonchev–Trinajstić information content (AvgIpc) is 2.62. The van der Waals surface area contributed by atoms with Crippen molar-refractivity contribution in [3.8, 4) is 0 Å². The number of carbonyl (C=O) groups is 1. The number of rotatable bonds is 2. The van der Waals surface area contributed by atoms with E-state index in [9.17, 15) is 9.59 Å². The van der Waals surface area contributed by atoms with Gasteiger partial charge in [-0.25, -0.2) is 5.10 Å². The van der Waals surface area contributed by atoms with Crippen molar-refractivity contribution in [2.45, 2.75) is 17.4 Å². The summed E-state index contributed by atoms with van der Waals surface area (Å²) < 4.78 is 0. The van der Waals surface area contributed by atoms with Gasteiger partial charge in [-0.2, -0.15) is 5.10 Å². The lowest BCUT2D eigenvalue weighted by Gasteiger charge is -2.25. The van der Waals surface area contributed by atoms with Crippen molar-refractivity contribution in [2.75, 3.05) is 5.75 Å². The SMILES string of the molecule is O=C(N[C@H]1CCSc2ccccc21)c1n[nH]c(=O)c2ccccc12. The molecule has 1 aromatic heterocycles. The molecule has 2 heterocycles. The minimum Gasteiger partial charge on any atom is -0.344 e. The zero-order valence-electron chi connectivity index (χ0n) is 12.8. The number of benzene rings is 2. The molecule has 1 atom stereocenters. The maximum atomic E-state index is 12.7. The first kappa shape index (κ1) is 15.0. The van der Waals surface area contributed by atoms with Crippen LogP contribution in [0.3, 0.4) is 0 Å². The Labute approximate surface area is 142 Å². The first-order valence-electron chi connectivity index (χ1n) is 7.74. The number of nitrogens with one attached hydrogen (secondary N) is 2. The highest BCUT2D eigenvalue weighted by Crippen LogP contribution is 2.35. The van der Waals surface area contributed by atoms with Gasteiger partial charge >= 0.3 is 0 Å². The Bertz CT molecular complexity index is 983. The number of nitrogens with zero attached hydrogens (tertiary/aromatic N) is 1. The number of thioether (sulfide) groups is 1. The van der Waals surface area contributed by atoms with Gasteiger partial charge < -0.3 is 5.32 Å². The molecule has 3 aromatic rings. The Kier molecular flexibility index (Phi) is 3.82. The van der Waals surface area contributed by atoms with Gasteiger partial charge in [-0.05, 0) is 24.1 Å². The molecule has 4 rings (SSSR count). The maximum Gasteiger partial charge on any atom is 0.272 e. The third kappa shape index (κ3) is 2.59. The summed E-state index contributed by atoms with van der Waals surface area (Å²) in [7, 11) is 0. The Balaban J connectivity index is 1.69. The lowest BCUT2D eigenvalue weighted by Crippen LogP contribution is -2.32. The molecule has 0 unspecified atom stereocenters. The quantitative estimate of drug-likeness (QED) is 0.754. The van der Waals surface area contributed by atoms with E-state index in [4.69, 9.17) is 0 Å². The highest BCUT2D eigenvalue weighted by molar-refractivity contribution is 7.99. The van der Waals surface area contributed by atoms with E-state index in [2.05, 4.69) is 21.6 Å². The summed E-state index contributed by atoms with van der Waals surface area (Å²) in [5.41, 5.74) is 1.10. The van der Waals surface area contributed by atoms with Crippen molar-refractivity contribution in [1.82, 2.24) is 15.5 Å². The zero-order chi connectivity index (χ0) is 16.5. The molecule has 1 aliphatic rings. The minimum atomic E-state index is -0.290. The fraction of sp³-hybridized carbons (Fsp3) is 0.167. The molecule has 0 saturated heterocycles. The third-order valence-corrected chi connectivity index (χ3v) is 5.30. The van der Waals surface area contributed by atoms with Gasteiger partial charge in [0.25, 0.3) is 11.5 Å². The Hall–Kier alpha value is -2.60. The van der Waals surface area contributed by atoms with Gasteiger partial charge in [0, 0.05) is 16.0 Å². The number of hydrogen-bond donors (Lipinski definition) is 2. The van der Waals surface area contributed by atoms with Crippen LogP contribution in [-0.4, -0.2) is 21.9 Å². The number of aromatic amines is 1. The van der Waals surface area contributed by atoms with Crippen LogP contribution in [0, 0.1) is 0 Å². The molecule has 24 heavy (non-hydrogen) atoms. The van der Waals surface area contributed by atoms with Crippen LogP contribution in [0.2, 0.25) is 0 Å². The summed E-state index contributed by atoms with van der Waals surface area (Å²) >= 11 is 1.81. The number of H-pyrrole nitrogens is 1. The monoisotopic (exact) mass is 337 g/mol. The highest BCUT2D eigenvalue weighted by Gasteiger charge is 2.24. The predicted octanol–water partition coefficient (Wildman–Crippen LogP) is 2.89. The van der Waals surface area contributed by atoms with E-state index in [1.807, 2.05) is 18.2 Å². The summed E-state index contributed by atoms with van der Waals surface area (Å²) in [4.78, 5) is 25.8. The molecule has 0 bridgehead atoms. The molecule has 0 spiro atoms.